The number of amides is 1. The Morgan fingerprint density at radius 2 is 1.86 bits per heavy atom. The first-order valence-corrected chi connectivity index (χ1v) is 7.33. The van der Waals surface area contributed by atoms with Crippen molar-refractivity contribution < 1.29 is 4.79 Å². The Labute approximate surface area is 137 Å². The summed E-state index contributed by atoms with van der Waals surface area (Å²) in [5, 5.41) is 3.23. The quantitative estimate of drug-likeness (QED) is 0.879. The van der Waals surface area contributed by atoms with Crippen molar-refractivity contribution in [3.63, 3.8) is 0 Å². The number of hydrogen-bond acceptors (Lipinski definition) is 3. The normalized spacial score (nSPS) is 14.6. The molecule has 1 aromatic heterocycles. The molecule has 1 saturated heterocycles. The number of aromatic nitrogens is 2. The maximum Gasteiger partial charge on any atom is 0.274 e. The minimum absolute atomic E-state index is 0. The molecule has 1 aliphatic heterocycles. The number of imidazole rings is 1. The zero-order valence-corrected chi connectivity index (χ0v) is 13.7. The Bertz CT molecular complexity index is 608. The molecule has 1 N–H and O–H groups in total. The van der Waals surface area contributed by atoms with E-state index in [1.165, 1.54) is 0 Å². The van der Waals surface area contributed by atoms with Gasteiger partial charge in [-0.3, -0.25) is 4.79 Å². The van der Waals surface area contributed by atoms with Crippen molar-refractivity contribution in [2.75, 3.05) is 26.2 Å². The van der Waals surface area contributed by atoms with Crippen LogP contribution in [0.1, 0.15) is 10.5 Å². The topological polar surface area (TPSA) is 50.2 Å². The van der Waals surface area contributed by atoms with Crippen molar-refractivity contribution >= 4 is 34.2 Å². The highest BCUT2D eigenvalue weighted by Crippen LogP contribution is 2.15. The largest absolute Gasteiger partial charge is 0.335 e. The lowest BCUT2D eigenvalue weighted by atomic mass is 10.3. The zero-order chi connectivity index (χ0) is 13.9. The second-order valence-electron chi connectivity index (χ2n) is 4.68. The van der Waals surface area contributed by atoms with E-state index in [1.807, 2.05) is 33.7 Å². The lowest BCUT2D eigenvalue weighted by molar-refractivity contribution is 0.0730. The first-order valence-electron chi connectivity index (χ1n) is 6.54. The van der Waals surface area contributed by atoms with Gasteiger partial charge in [0.15, 0.2) is 0 Å². The number of hydrogen-bond donors (Lipinski definition) is 1. The minimum Gasteiger partial charge on any atom is -0.335 e. The molecule has 1 fully saturated rings. The monoisotopic (exact) mass is 370 g/mol. The molecule has 2 aromatic rings. The number of halogens is 2. The summed E-state index contributed by atoms with van der Waals surface area (Å²) in [6.45, 7) is 3.17. The van der Waals surface area contributed by atoms with Crippen molar-refractivity contribution in [3.8, 4) is 5.69 Å². The van der Waals surface area contributed by atoms with E-state index in [2.05, 4.69) is 26.2 Å². The molecule has 1 aliphatic rings. The number of carbonyl (C=O) groups is 1. The Balaban J connectivity index is 0.00000161. The number of benzene rings is 1. The summed E-state index contributed by atoms with van der Waals surface area (Å²) < 4.78 is 2.89. The predicted molar refractivity (Wildman–Crippen MR) is 87.3 cm³/mol. The van der Waals surface area contributed by atoms with Gasteiger partial charge in [0.2, 0.25) is 0 Å². The SMILES string of the molecule is Cl.O=C(c1cn(-c2ccc(Br)cc2)cn1)N1CCNCC1. The molecule has 3 rings (SSSR count). The maximum absolute atomic E-state index is 12.3. The number of piperazine rings is 1. The van der Waals surface area contributed by atoms with Gasteiger partial charge in [-0.05, 0) is 24.3 Å². The van der Waals surface area contributed by atoms with Gasteiger partial charge in [-0.15, -0.1) is 12.4 Å². The van der Waals surface area contributed by atoms with Crippen molar-refractivity contribution in [3.05, 3.63) is 47.0 Å². The summed E-state index contributed by atoms with van der Waals surface area (Å²) in [6, 6.07) is 7.88. The number of nitrogens with one attached hydrogen (secondary N) is 1. The van der Waals surface area contributed by atoms with Crippen LogP contribution in [0.3, 0.4) is 0 Å². The Morgan fingerprint density at radius 1 is 1.19 bits per heavy atom. The highest BCUT2D eigenvalue weighted by Gasteiger charge is 2.19. The molecule has 1 aromatic carbocycles. The van der Waals surface area contributed by atoms with E-state index in [4.69, 9.17) is 0 Å². The van der Waals surface area contributed by atoms with E-state index >= 15 is 0 Å². The van der Waals surface area contributed by atoms with E-state index in [1.54, 1.807) is 12.5 Å². The maximum atomic E-state index is 12.3. The molecule has 2 heterocycles. The van der Waals surface area contributed by atoms with Gasteiger partial charge in [-0.25, -0.2) is 4.98 Å². The second kappa shape index (κ2) is 7.06. The van der Waals surface area contributed by atoms with E-state index in [9.17, 15) is 4.79 Å². The lowest BCUT2D eigenvalue weighted by Gasteiger charge is -2.26. The van der Waals surface area contributed by atoms with Crippen LogP contribution in [0, 0.1) is 0 Å². The fraction of sp³-hybridized carbons (Fsp3) is 0.286. The summed E-state index contributed by atoms with van der Waals surface area (Å²) in [7, 11) is 0. The highest BCUT2D eigenvalue weighted by molar-refractivity contribution is 9.10. The lowest BCUT2D eigenvalue weighted by Crippen LogP contribution is -2.46. The van der Waals surface area contributed by atoms with Gasteiger partial charge in [0.1, 0.15) is 12.0 Å². The molecule has 5 nitrogen and oxygen atoms in total. The molecule has 0 saturated carbocycles. The van der Waals surface area contributed by atoms with E-state index < -0.39 is 0 Å². The van der Waals surface area contributed by atoms with Crippen LogP contribution in [0.5, 0.6) is 0 Å². The van der Waals surface area contributed by atoms with E-state index in [0.29, 0.717) is 5.69 Å². The molecule has 0 spiro atoms. The van der Waals surface area contributed by atoms with Crippen molar-refractivity contribution in [1.29, 1.82) is 0 Å². The summed E-state index contributed by atoms with van der Waals surface area (Å²) in [5.41, 5.74) is 1.48. The highest BCUT2D eigenvalue weighted by atomic mass is 79.9. The van der Waals surface area contributed by atoms with E-state index in [0.717, 1.165) is 36.3 Å². The molecule has 112 valence electrons. The van der Waals surface area contributed by atoms with Crippen LogP contribution in [0.2, 0.25) is 0 Å². The molecular formula is C14H16BrClN4O. The molecule has 21 heavy (non-hydrogen) atoms. The molecule has 0 aliphatic carbocycles. The van der Waals surface area contributed by atoms with Crippen LogP contribution >= 0.6 is 28.3 Å². The van der Waals surface area contributed by atoms with Gasteiger partial charge in [-0.1, -0.05) is 15.9 Å². The molecule has 0 unspecified atom stereocenters. The molecule has 1 amide bonds. The van der Waals surface area contributed by atoms with Gasteiger partial charge >= 0.3 is 0 Å². The molecule has 0 atom stereocenters. The standard InChI is InChI=1S/C14H15BrN4O.ClH/c15-11-1-3-12(4-2-11)19-9-13(17-10-19)14(20)18-7-5-16-6-8-18;/h1-4,9-10,16H,5-8H2;1H. The summed E-state index contributed by atoms with van der Waals surface area (Å²) in [4.78, 5) is 18.4. The number of rotatable bonds is 2. The van der Waals surface area contributed by atoms with Gasteiger partial charge < -0.3 is 14.8 Å². The fourth-order valence-corrected chi connectivity index (χ4v) is 2.48. The van der Waals surface area contributed by atoms with Crippen molar-refractivity contribution in [1.82, 2.24) is 19.8 Å². The Hall–Kier alpha value is -1.37. The number of carbonyl (C=O) groups excluding carboxylic acids is 1. The first-order chi connectivity index (χ1) is 9.74. The summed E-state index contributed by atoms with van der Waals surface area (Å²) in [6.07, 6.45) is 3.46. The molecule has 0 radical (unpaired) electrons. The third kappa shape index (κ3) is 3.64. The number of nitrogens with zero attached hydrogens (tertiary/aromatic N) is 3. The average Bonchev–Trinajstić information content (AvgIpc) is 2.98. The average molecular weight is 372 g/mol. The minimum atomic E-state index is 0. The van der Waals surface area contributed by atoms with Crippen LogP contribution in [-0.4, -0.2) is 46.5 Å². The van der Waals surface area contributed by atoms with Crippen LogP contribution in [0.15, 0.2) is 41.3 Å². The van der Waals surface area contributed by atoms with Gasteiger partial charge in [0, 0.05) is 42.5 Å². The van der Waals surface area contributed by atoms with Gasteiger partial charge in [0.25, 0.3) is 5.91 Å². The predicted octanol–water partition coefficient (Wildman–Crippen LogP) is 2.10. The molecular weight excluding hydrogens is 356 g/mol. The smallest absolute Gasteiger partial charge is 0.274 e. The second-order valence-corrected chi connectivity index (χ2v) is 5.60. The summed E-state index contributed by atoms with van der Waals surface area (Å²) in [5.74, 6) is 0.00219. The van der Waals surface area contributed by atoms with Crippen LogP contribution in [0.25, 0.3) is 5.69 Å². The first kappa shape index (κ1) is 16.0. The Kier molecular flexibility index (Phi) is 5.39. The van der Waals surface area contributed by atoms with Gasteiger partial charge in [-0.2, -0.15) is 0 Å². The Morgan fingerprint density at radius 3 is 2.52 bits per heavy atom. The third-order valence-corrected chi connectivity index (χ3v) is 3.86. The summed E-state index contributed by atoms with van der Waals surface area (Å²) >= 11 is 3.41. The zero-order valence-electron chi connectivity index (χ0n) is 11.3. The molecule has 0 bridgehead atoms. The van der Waals surface area contributed by atoms with Crippen LogP contribution in [0.4, 0.5) is 0 Å². The third-order valence-electron chi connectivity index (χ3n) is 3.33. The van der Waals surface area contributed by atoms with Crippen molar-refractivity contribution in [2.45, 2.75) is 0 Å². The van der Waals surface area contributed by atoms with E-state index in [-0.39, 0.29) is 18.3 Å². The molecule has 7 heteroatoms. The van der Waals surface area contributed by atoms with Crippen molar-refractivity contribution in [2.24, 2.45) is 0 Å². The van der Waals surface area contributed by atoms with Crippen LogP contribution in [-0.2, 0) is 0 Å². The fourth-order valence-electron chi connectivity index (χ4n) is 2.22. The van der Waals surface area contributed by atoms with Gasteiger partial charge in [0.05, 0.1) is 0 Å². The van der Waals surface area contributed by atoms with Crippen LogP contribution < -0.4 is 5.32 Å².